The first-order chi connectivity index (χ1) is 6.86. The Hall–Kier alpha value is -1.83. The van der Waals surface area contributed by atoms with Crippen molar-refractivity contribution in [1.82, 2.24) is 9.55 Å². The summed E-state index contributed by atoms with van der Waals surface area (Å²) in [5.74, 6) is 0. The van der Waals surface area contributed by atoms with Crippen LogP contribution in [0.4, 0.5) is 0 Å². The average Bonchev–Trinajstić information content (AvgIpc) is 2.07. The van der Waals surface area contributed by atoms with Crippen LogP contribution in [0.1, 0.15) is 26.5 Å². The summed E-state index contributed by atoms with van der Waals surface area (Å²) in [5, 5.41) is 8.60. The summed E-state index contributed by atoms with van der Waals surface area (Å²) in [6.07, 6.45) is 0. The second-order valence-electron chi connectivity index (χ2n) is 4.32. The lowest BCUT2D eigenvalue weighted by Crippen LogP contribution is -2.36. The van der Waals surface area contributed by atoms with Gasteiger partial charge >= 0.3 is 5.69 Å². The molecule has 0 atom stereocenters. The molecular formula is C10H13N3O2. The fourth-order valence-electron chi connectivity index (χ4n) is 1.37. The van der Waals surface area contributed by atoms with Gasteiger partial charge in [0.1, 0.15) is 6.54 Å². The van der Waals surface area contributed by atoms with Gasteiger partial charge in [-0.15, -0.1) is 0 Å². The molecule has 0 unspecified atom stereocenters. The van der Waals surface area contributed by atoms with Gasteiger partial charge in [-0.2, -0.15) is 5.26 Å². The van der Waals surface area contributed by atoms with E-state index in [9.17, 15) is 9.59 Å². The SMILES string of the molecule is CC(C)(C)c1cc(=O)[nH]c(=O)n1CC#N. The van der Waals surface area contributed by atoms with Crippen LogP contribution in [0.3, 0.4) is 0 Å². The predicted octanol–water partition coefficient (Wildman–Crippen LogP) is 0.358. The van der Waals surface area contributed by atoms with Crippen molar-refractivity contribution < 1.29 is 0 Å². The second-order valence-corrected chi connectivity index (χ2v) is 4.32. The first-order valence-corrected chi connectivity index (χ1v) is 4.58. The van der Waals surface area contributed by atoms with Crippen molar-refractivity contribution in [3.63, 3.8) is 0 Å². The molecule has 5 nitrogen and oxygen atoms in total. The first-order valence-electron chi connectivity index (χ1n) is 4.58. The van der Waals surface area contributed by atoms with E-state index in [0.717, 1.165) is 0 Å². The Morgan fingerprint density at radius 3 is 2.53 bits per heavy atom. The van der Waals surface area contributed by atoms with E-state index in [1.807, 2.05) is 26.8 Å². The number of H-pyrrole nitrogens is 1. The summed E-state index contributed by atoms with van der Waals surface area (Å²) in [6, 6.07) is 3.26. The Bertz CT molecular complexity index is 511. The maximum atomic E-state index is 11.5. The van der Waals surface area contributed by atoms with Gasteiger partial charge in [0.2, 0.25) is 0 Å². The Balaban J connectivity index is 3.56. The highest BCUT2D eigenvalue weighted by molar-refractivity contribution is 5.13. The Kier molecular flexibility index (Phi) is 2.80. The predicted molar refractivity (Wildman–Crippen MR) is 55.6 cm³/mol. The molecule has 0 saturated carbocycles. The molecular weight excluding hydrogens is 194 g/mol. The summed E-state index contributed by atoms with van der Waals surface area (Å²) in [4.78, 5) is 24.8. The van der Waals surface area contributed by atoms with E-state index < -0.39 is 11.2 Å². The van der Waals surface area contributed by atoms with Gasteiger partial charge in [-0.1, -0.05) is 20.8 Å². The molecule has 0 radical (unpaired) electrons. The minimum absolute atomic E-state index is 0.0534. The maximum Gasteiger partial charge on any atom is 0.329 e. The van der Waals surface area contributed by atoms with Gasteiger partial charge in [0.05, 0.1) is 6.07 Å². The first kappa shape index (κ1) is 11.2. The number of nitrogens with one attached hydrogen (secondary N) is 1. The maximum absolute atomic E-state index is 11.5. The van der Waals surface area contributed by atoms with Crippen LogP contribution < -0.4 is 11.2 Å². The molecule has 0 aliphatic heterocycles. The molecule has 1 N–H and O–H groups in total. The van der Waals surface area contributed by atoms with Crippen LogP contribution >= 0.6 is 0 Å². The summed E-state index contributed by atoms with van der Waals surface area (Å²) < 4.78 is 1.28. The lowest BCUT2D eigenvalue weighted by atomic mass is 9.91. The van der Waals surface area contributed by atoms with Gasteiger partial charge in [-0.3, -0.25) is 14.3 Å². The van der Waals surface area contributed by atoms with Crippen molar-refractivity contribution >= 4 is 0 Å². The lowest BCUT2D eigenvalue weighted by Gasteiger charge is -2.21. The fraction of sp³-hybridized carbons (Fsp3) is 0.500. The Labute approximate surface area is 87.0 Å². The smallest absolute Gasteiger partial charge is 0.283 e. The zero-order chi connectivity index (χ0) is 11.6. The number of nitrogens with zero attached hydrogens (tertiary/aromatic N) is 2. The zero-order valence-electron chi connectivity index (χ0n) is 9.00. The molecule has 0 aromatic carbocycles. The van der Waals surface area contributed by atoms with Gasteiger partial charge in [-0.25, -0.2) is 4.79 Å². The third-order valence-corrected chi connectivity index (χ3v) is 2.03. The van der Waals surface area contributed by atoms with Crippen molar-refractivity contribution in [2.24, 2.45) is 0 Å². The second kappa shape index (κ2) is 3.73. The molecule has 0 bridgehead atoms. The summed E-state index contributed by atoms with van der Waals surface area (Å²) in [6.45, 7) is 5.60. The van der Waals surface area contributed by atoms with Crippen molar-refractivity contribution in [2.45, 2.75) is 32.7 Å². The average molecular weight is 207 g/mol. The number of aromatic nitrogens is 2. The molecule has 0 aliphatic rings. The largest absolute Gasteiger partial charge is 0.329 e. The van der Waals surface area contributed by atoms with Crippen LogP contribution in [-0.4, -0.2) is 9.55 Å². The Morgan fingerprint density at radius 1 is 1.47 bits per heavy atom. The molecule has 0 saturated heterocycles. The summed E-state index contributed by atoms with van der Waals surface area (Å²) in [7, 11) is 0. The highest BCUT2D eigenvalue weighted by atomic mass is 16.2. The molecule has 1 aromatic heterocycles. The molecule has 80 valence electrons. The lowest BCUT2D eigenvalue weighted by molar-refractivity contribution is 0.512. The minimum Gasteiger partial charge on any atom is -0.283 e. The monoisotopic (exact) mass is 207 g/mol. The topological polar surface area (TPSA) is 78.7 Å². The molecule has 15 heavy (non-hydrogen) atoms. The highest BCUT2D eigenvalue weighted by Gasteiger charge is 2.19. The molecule has 0 aliphatic carbocycles. The molecule has 1 rings (SSSR count). The molecule has 1 aromatic rings. The van der Waals surface area contributed by atoms with Crippen molar-refractivity contribution in [1.29, 1.82) is 5.26 Å². The van der Waals surface area contributed by atoms with Crippen molar-refractivity contribution in [2.75, 3.05) is 0 Å². The molecule has 0 fully saturated rings. The number of nitriles is 1. The highest BCUT2D eigenvalue weighted by Crippen LogP contribution is 2.18. The summed E-state index contributed by atoms with van der Waals surface area (Å²) >= 11 is 0. The third-order valence-electron chi connectivity index (χ3n) is 2.03. The van der Waals surface area contributed by atoms with E-state index in [1.54, 1.807) is 0 Å². The standard InChI is InChI=1S/C10H13N3O2/c1-10(2,3)7-6-8(14)12-9(15)13(7)5-4-11/h6H,5H2,1-3H3,(H,12,14,15). The minimum atomic E-state index is -0.533. The van der Waals surface area contributed by atoms with Crippen LogP contribution in [0, 0.1) is 11.3 Å². The van der Waals surface area contributed by atoms with E-state index in [-0.39, 0.29) is 12.0 Å². The Morgan fingerprint density at radius 2 is 2.07 bits per heavy atom. The number of aromatic amines is 1. The van der Waals surface area contributed by atoms with Gasteiger partial charge in [0, 0.05) is 17.2 Å². The van der Waals surface area contributed by atoms with Crippen LogP contribution in [0.2, 0.25) is 0 Å². The van der Waals surface area contributed by atoms with Gasteiger partial charge in [0.15, 0.2) is 0 Å². The molecule has 5 heteroatoms. The van der Waals surface area contributed by atoms with E-state index >= 15 is 0 Å². The fourth-order valence-corrected chi connectivity index (χ4v) is 1.37. The van der Waals surface area contributed by atoms with E-state index in [1.165, 1.54) is 10.6 Å². The quantitative estimate of drug-likeness (QED) is 0.722. The van der Waals surface area contributed by atoms with Gasteiger partial charge in [-0.05, 0) is 0 Å². The number of hydrogen-bond donors (Lipinski definition) is 1. The number of hydrogen-bond acceptors (Lipinski definition) is 3. The van der Waals surface area contributed by atoms with Crippen LogP contribution in [0.25, 0.3) is 0 Å². The molecule has 1 heterocycles. The van der Waals surface area contributed by atoms with E-state index in [4.69, 9.17) is 5.26 Å². The molecule has 0 spiro atoms. The van der Waals surface area contributed by atoms with Crippen LogP contribution in [0.15, 0.2) is 15.7 Å². The van der Waals surface area contributed by atoms with E-state index in [0.29, 0.717) is 5.69 Å². The molecule has 0 amide bonds. The van der Waals surface area contributed by atoms with Gasteiger partial charge in [0.25, 0.3) is 5.56 Å². The van der Waals surface area contributed by atoms with Crippen LogP contribution in [-0.2, 0) is 12.0 Å². The van der Waals surface area contributed by atoms with Gasteiger partial charge < -0.3 is 0 Å². The zero-order valence-corrected chi connectivity index (χ0v) is 9.00. The normalized spacial score (nSPS) is 11.1. The summed E-state index contributed by atoms with van der Waals surface area (Å²) in [5.41, 5.74) is -0.740. The number of rotatable bonds is 1. The van der Waals surface area contributed by atoms with Crippen molar-refractivity contribution in [3.8, 4) is 6.07 Å². The third kappa shape index (κ3) is 2.34. The van der Waals surface area contributed by atoms with E-state index in [2.05, 4.69) is 4.98 Å². The van der Waals surface area contributed by atoms with Crippen molar-refractivity contribution in [3.05, 3.63) is 32.6 Å². The van der Waals surface area contributed by atoms with Crippen LogP contribution in [0.5, 0.6) is 0 Å².